The Hall–Kier alpha value is -3.49. The summed E-state index contributed by atoms with van der Waals surface area (Å²) in [5, 5.41) is 5.04. The summed E-state index contributed by atoms with van der Waals surface area (Å²) in [4.78, 5) is 30.9. The van der Waals surface area contributed by atoms with Crippen LogP contribution in [0.2, 0.25) is 0 Å². The van der Waals surface area contributed by atoms with Gasteiger partial charge in [-0.15, -0.1) is 0 Å². The number of nitrogens with zero attached hydrogens (tertiary/aromatic N) is 5. The Morgan fingerprint density at radius 3 is 3.10 bits per heavy atom. The van der Waals surface area contributed by atoms with Crippen molar-refractivity contribution in [1.82, 2.24) is 25.1 Å². The average molecular weight is 392 g/mol. The number of carbonyl (C=O) groups excluding carboxylic acids is 1. The predicted molar refractivity (Wildman–Crippen MR) is 104 cm³/mol. The third kappa shape index (κ3) is 3.28. The number of oxazole rings is 1. The summed E-state index contributed by atoms with van der Waals surface area (Å²) in [5.41, 5.74) is 2.08. The first-order valence-electron chi connectivity index (χ1n) is 9.64. The minimum atomic E-state index is -0.0189. The highest BCUT2D eigenvalue weighted by atomic mass is 16.5. The van der Waals surface area contributed by atoms with E-state index in [-0.39, 0.29) is 5.78 Å². The van der Waals surface area contributed by atoms with Crippen LogP contribution < -0.4 is 4.90 Å². The lowest BCUT2D eigenvalue weighted by Gasteiger charge is -2.27. The number of rotatable bonds is 6. The SMILES string of the molecule is Cc1cnc(CCCC(=O)c2noc3c2CN(c2ncnc4[nH]ccc24)CC3)o1. The molecule has 4 aromatic rings. The van der Waals surface area contributed by atoms with Crippen LogP contribution in [0.4, 0.5) is 5.82 Å². The molecule has 5 heterocycles. The van der Waals surface area contributed by atoms with Crippen molar-refractivity contribution in [2.24, 2.45) is 0 Å². The summed E-state index contributed by atoms with van der Waals surface area (Å²) in [5.74, 6) is 3.05. The fourth-order valence-electron chi connectivity index (χ4n) is 3.76. The monoisotopic (exact) mass is 392 g/mol. The van der Waals surface area contributed by atoms with Crippen LogP contribution in [0.3, 0.4) is 0 Å². The summed E-state index contributed by atoms with van der Waals surface area (Å²) in [6.45, 7) is 3.14. The van der Waals surface area contributed by atoms with E-state index in [2.05, 4.69) is 30.0 Å². The molecule has 1 aliphatic heterocycles. The zero-order valence-corrected chi connectivity index (χ0v) is 16.0. The van der Waals surface area contributed by atoms with Crippen molar-refractivity contribution in [1.29, 1.82) is 0 Å². The Kier molecular flexibility index (Phi) is 4.34. The first-order valence-corrected chi connectivity index (χ1v) is 9.64. The normalized spacial score (nSPS) is 13.8. The third-order valence-electron chi connectivity index (χ3n) is 5.19. The van der Waals surface area contributed by atoms with Crippen molar-refractivity contribution in [2.75, 3.05) is 11.4 Å². The minimum Gasteiger partial charge on any atom is -0.446 e. The lowest BCUT2D eigenvalue weighted by Crippen LogP contribution is -2.31. The lowest BCUT2D eigenvalue weighted by atomic mass is 10.0. The summed E-state index contributed by atoms with van der Waals surface area (Å²) in [7, 11) is 0. The molecule has 148 valence electrons. The van der Waals surface area contributed by atoms with Gasteiger partial charge in [0.25, 0.3) is 0 Å². The van der Waals surface area contributed by atoms with E-state index in [9.17, 15) is 4.79 Å². The molecule has 9 heteroatoms. The van der Waals surface area contributed by atoms with Crippen molar-refractivity contribution in [3.8, 4) is 0 Å². The lowest BCUT2D eigenvalue weighted by molar-refractivity contribution is 0.0970. The first kappa shape index (κ1) is 17.6. The van der Waals surface area contributed by atoms with Crippen LogP contribution in [0.15, 0.2) is 33.7 Å². The Balaban J connectivity index is 1.31. The number of hydrogen-bond donors (Lipinski definition) is 1. The van der Waals surface area contributed by atoms with Gasteiger partial charge in [-0.05, 0) is 19.4 Å². The van der Waals surface area contributed by atoms with E-state index in [1.165, 1.54) is 0 Å². The van der Waals surface area contributed by atoms with Gasteiger partial charge >= 0.3 is 0 Å². The molecule has 0 atom stereocenters. The zero-order chi connectivity index (χ0) is 19.8. The summed E-state index contributed by atoms with van der Waals surface area (Å²) in [6, 6.07) is 1.96. The zero-order valence-electron chi connectivity index (χ0n) is 16.0. The second-order valence-electron chi connectivity index (χ2n) is 7.18. The Bertz CT molecular complexity index is 1170. The highest BCUT2D eigenvalue weighted by Crippen LogP contribution is 2.30. The predicted octanol–water partition coefficient (Wildman–Crippen LogP) is 3.01. The number of carbonyl (C=O) groups is 1. The minimum absolute atomic E-state index is 0.0189. The van der Waals surface area contributed by atoms with Crippen molar-refractivity contribution in [3.05, 3.63) is 53.5 Å². The Labute approximate surface area is 166 Å². The number of fused-ring (bicyclic) bond motifs is 2. The molecule has 0 saturated heterocycles. The van der Waals surface area contributed by atoms with Gasteiger partial charge < -0.3 is 18.8 Å². The molecule has 0 radical (unpaired) electrons. The van der Waals surface area contributed by atoms with Crippen molar-refractivity contribution in [2.45, 2.75) is 39.2 Å². The van der Waals surface area contributed by atoms with Crippen LogP contribution in [0.25, 0.3) is 11.0 Å². The van der Waals surface area contributed by atoms with Gasteiger partial charge in [0.2, 0.25) is 0 Å². The summed E-state index contributed by atoms with van der Waals surface area (Å²) >= 11 is 0. The van der Waals surface area contributed by atoms with E-state index in [0.29, 0.717) is 43.8 Å². The van der Waals surface area contributed by atoms with Gasteiger partial charge in [-0.25, -0.2) is 15.0 Å². The molecule has 0 bridgehead atoms. The second kappa shape index (κ2) is 7.16. The number of Topliss-reactive ketones (excluding diaryl/α,β-unsaturated/α-hetero) is 1. The average Bonchev–Trinajstić information content (AvgIpc) is 3.46. The molecule has 4 aromatic heterocycles. The van der Waals surface area contributed by atoms with Gasteiger partial charge in [0, 0.05) is 37.6 Å². The van der Waals surface area contributed by atoms with Crippen molar-refractivity contribution >= 4 is 22.6 Å². The highest BCUT2D eigenvalue weighted by Gasteiger charge is 2.28. The van der Waals surface area contributed by atoms with E-state index in [0.717, 1.165) is 40.5 Å². The van der Waals surface area contributed by atoms with Gasteiger partial charge in [-0.3, -0.25) is 4.79 Å². The number of H-pyrrole nitrogens is 1. The maximum absolute atomic E-state index is 12.8. The van der Waals surface area contributed by atoms with Crippen LogP contribution in [-0.2, 0) is 19.4 Å². The topological polar surface area (TPSA) is 114 Å². The van der Waals surface area contributed by atoms with Gasteiger partial charge in [0.05, 0.1) is 18.1 Å². The smallest absolute Gasteiger partial charge is 0.194 e. The highest BCUT2D eigenvalue weighted by molar-refractivity contribution is 5.96. The molecule has 29 heavy (non-hydrogen) atoms. The molecule has 5 rings (SSSR count). The molecule has 0 aromatic carbocycles. The molecule has 1 N–H and O–H groups in total. The first-order chi connectivity index (χ1) is 14.2. The molecule has 0 unspecified atom stereocenters. The molecule has 9 nitrogen and oxygen atoms in total. The van der Waals surface area contributed by atoms with Crippen LogP contribution in [-0.4, -0.2) is 37.4 Å². The maximum Gasteiger partial charge on any atom is 0.194 e. The van der Waals surface area contributed by atoms with Crippen LogP contribution in [0.5, 0.6) is 0 Å². The van der Waals surface area contributed by atoms with Crippen molar-refractivity contribution < 1.29 is 13.7 Å². The number of aromatic nitrogens is 5. The van der Waals surface area contributed by atoms with Crippen LogP contribution >= 0.6 is 0 Å². The number of ketones is 1. The number of hydrogen-bond acceptors (Lipinski definition) is 8. The number of anilines is 1. The fourth-order valence-corrected chi connectivity index (χ4v) is 3.76. The van der Waals surface area contributed by atoms with Gasteiger partial charge in [0.1, 0.15) is 29.3 Å². The third-order valence-corrected chi connectivity index (χ3v) is 5.19. The molecule has 0 fully saturated rings. The Morgan fingerprint density at radius 2 is 2.24 bits per heavy atom. The van der Waals surface area contributed by atoms with Gasteiger partial charge in [-0.1, -0.05) is 5.16 Å². The van der Waals surface area contributed by atoms with E-state index in [1.807, 2.05) is 19.2 Å². The quantitative estimate of drug-likeness (QED) is 0.498. The maximum atomic E-state index is 12.8. The number of nitrogens with one attached hydrogen (secondary N) is 1. The second-order valence-corrected chi connectivity index (χ2v) is 7.18. The molecular formula is C20H20N6O3. The van der Waals surface area contributed by atoms with E-state index < -0.39 is 0 Å². The van der Waals surface area contributed by atoms with Crippen molar-refractivity contribution in [3.63, 3.8) is 0 Å². The fraction of sp³-hybridized carbons (Fsp3) is 0.350. The van der Waals surface area contributed by atoms with E-state index in [1.54, 1.807) is 12.5 Å². The summed E-state index contributed by atoms with van der Waals surface area (Å²) < 4.78 is 10.9. The van der Waals surface area contributed by atoms with Gasteiger partial charge in [-0.2, -0.15) is 0 Å². The van der Waals surface area contributed by atoms with Crippen LogP contribution in [0, 0.1) is 6.92 Å². The standard InChI is InChI=1S/C20H20N6O3/c1-12-9-22-17(28-12)4-2-3-15(27)18-14-10-26(8-6-16(14)29-25-18)20-13-5-7-21-19(13)23-11-24-20/h5,7,9,11H,2-4,6,8,10H2,1H3,(H,21,23,24). The van der Waals surface area contributed by atoms with Crippen LogP contribution in [0.1, 0.15) is 46.3 Å². The molecule has 0 spiro atoms. The van der Waals surface area contributed by atoms with Gasteiger partial charge in [0.15, 0.2) is 17.4 Å². The largest absolute Gasteiger partial charge is 0.446 e. The number of aromatic amines is 1. The summed E-state index contributed by atoms with van der Waals surface area (Å²) in [6.07, 6.45) is 7.42. The van der Waals surface area contributed by atoms with E-state index in [4.69, 9.17) is 8.94 Å². The number of aryl methyl sites for hydroxylation is 2. The Morgan fingerprint density at radius 1 is 1.31 bits per heavy atom. The molecule has 0 saturated carbocycles. The molecule has 1 aliphatic rings. The molecular weight excluding hydrogens is 372 g/mol. The van der Waals surface area contributed by atoms with E-state index >= 15 is 0 Å². The molecule has 0 aliphatic carbocycles. The molecule has 0 amide bonds.